The molecule has 4 rings (SSSR count). The molecule has 1 fully saturated rings. The Balaban J connectivity index is 1.29. The van der Waals surface area contributed by atoms with Crippen LogP contribution in [0.1, 0.15) is 59.5 Å². The molecule has 2 aromatic carbocycles. The quantitative estimate of drug-likeness (QED) is 0.457. The molecule has 1 N–H and O–H groups in total. The van der Waals surface area contributed by atoms with E-state index in [-0.39, 0.29) is 5.91 Å². The van der Waals surface area contributed by atoms with Crippen LogP contribution in [0.15, 0.2) is 71.1 Å². The largest absolute Gasteiger partial charge is 0.453 e. The number of hydrogen-bond acceptors (Lipinski definition) is 3. The maximum absolute atomic E-state index is 12.5. The van der Waals surface area contributed by atoms with Crippen molar-refractivity contribution >= 4 is 23.7 Å². The van der Waals surface area contributed by atoms with Crippen molar-refractivity contribution in [2.75, 3.05) is 5.32 Å². The Kier molecular flexibility index (Phi) is 6.78. The summed E-state index contributed by atoms with van der Waals surface area (Å²) >= 11 is 0. The van der Waals surface area contributed by atoms with Crippen molar-refractivity contribution in [1.82, 2.24) is 0 Å². The summed E-state index contributed by atoms with van der Waals surface area (Å²) in [4.78, 5) is 12.5. The standard InChI is InChI=1S/C26H27NO3/c28-26(25-18-17-24(30-25)19-29-23-9-5-2-6-10-23)27-22-15-13-21(14-16-22)12-11-20-7-3-1-4-8-20/h1,3-4,7-8,11-18,23H,2,5-6,9-10,19H2,(H,27,28)/b12-11+. The van der Waals surface area contributed by atoms with E-state index in [1.54, 1.807) is 6.07 Å². The van der Waals surface area contributed by atoms with Crippen LogP contribution >= 0.6 is 0 Å². The predicted molar refractivity (Wildman–Crippen MR) is 120 cm³/mol. The summed E-state index contributed by atoms with van der Waals surface area (Å²) in [5.74, 6) is 0.726. The molecule has 0 spiro atoms. The van der Waals surface area contributed by atoms with Gasteiger partial charge in [-0.05, 0) is 48.2 Å². The minimum atomic E-state index is -0.258. The maximum atomic E-state index is 12.5. The number of ether oxygens (including phenoxy) is 1. The van der Waals surface area contributed by atoms with Gasteiger partial charge in [0.05, 0.1) is 6.10 Å². The van der Waals surface area contributed by atoms with E-state index in [9.17, 15) is 4.79 Å². The molecular formula is C26H27NO3. The Morgan fingerprint density at radius 3 is 2.33 bits per heavy atom. The molecule has 1 aromatic heterocycles. The van der Waals surface area contributed by atoms with Gasteiger partial charge in [-0.15, -0.1) is 0 Å². The Bertz CT molecular complexity index is 967. The first-order valence-corrected chi connectivity index (χ1v) is 10.6. The van der Waals surface area contributed by atoms with Crippen LogP contribution < -0.4 is 5.32 Å². The molecule has 30 heavy (non-hydrogen) atoms. The first-order chi connectivity index (χ1) is 14.8. The normalized spacial score (nSPS) is 14.8. The first kappa shape index (κ1) is 20.2. The molecule has 1 amide bonds. The number of benzene rings is 2. The number of anilines is 1. The lowest BCUT2D eigenvalue weighted by atomic mass is 9.98. The number of nitrogens with one attached hydrogen (secondary N) is 1. The van der Waals surface area contributed by atoms with Gasteiger partial charge in [-0.1, -0.05) is 73.9 Å². The van der Waals surface area contributed by atoms with E-state index in [4.69, 9.17) is 9.15 Å². The molecule has 1 heterocycles. The van der Waals surface area contributed by atoms with Gasteiger partial charge in [0.2, 0.25) is 0 Å². The number of amides is 1. The van der Waals surface area contributed by atoms with Gasteiger partial charge < -0.3 is 14.5 Å². The van der Waals surface area contributed by atoms with E-state index in [2.05, 4.69) is 23.5 Å². The summed E-state index contributed by atoms with van der Waals surface area (Å²) in [5, 5.41) is 2.88. The van der Waals surface area contributed by atoms with Crippen molar-refractivity contribution in [2.45, 2.75) is 44.8 Å². The van der Waals surface area contributed by atoms with Crippen LogP contribution in [-0.2, 0) is 11.3 Å². The number of hydrogen-bond donors (Lipinski definition) is 1. The molecule has 0 aliphatic heterocycles. The van der Waals surface area contributed by atoms with Crippen molar-refractivity contribution in [1.29, 1.82) is 0 Å². The molecule has 0 bridgehead atoms. The van der Waals surface area contributed by atoms with Crippen LogP contribution in [0.5, 0.6) is 0 Å². The summed E-state index contributed by atoms with van der Waals surface area (Å²) in [6.07, 6.45) is 10.4. The lowest BCUT2D eigenvalue weighted by Gasteiger charge is -2.21. The Morgan fingerprint density at radius 1 is 0.900 bits per heavy atom. The second-order valence-corrected chi connectivity index (χ2v) is 7.66. The van der Waals surface area contributed by atoms with Gasteiger partial charge >= 0.3 is 0 Å². The smallest absolute Gasteiger partial charge is 0.291 e. The molecule has 154 valence electrons. The molecule has 1 saturated carbocycles. The SMILES string of the molecule is O=C(Nc1ccc(/C=C/c2ccccc2)cc1)c1ccc(COC2CCCCC2)o1. The van der Waals surface area contributed by atoms with Gasteiger partial charge in [0, 0.05) is 5.69 Å². The zero-order valence-corrected chi connectivity index (χ0v) is 17.1. The molecule has 1 aliphatic carbocycles. The first-order valence-electron chi connectivity index (χ1n) is 10.6. The summed E-state index contributed by atoms with van der Waals surface area (Å²) in [5.41, 5.74) is 2.95. The highest BCUT2D eigenvalue weighted by molar-refractivity contribution is 6.02. The zero-order chi connectivity index (χ0) is 20.6. The third-order valence-corrected chi connectivity index (χ3v) is 5.34. The monoisotopic (exact) mass is 401 g/mol. The Morgan fingerprint density at radius 2 is 1.60 bits per heavy atom. The van der Waals surface area contributed by atoms with Crippen molar-refractivity contribution in [3.63, 3.8) is 0 Å². The van der Waals surface area contributed by atoms with Crippen molar-refractivity contribution < 1.29 is 13.9 Å². The Hall–Kier alpha value is -3.11. The fraction of sp³-hybridized carbons (Fsp3) is 0.269. The molecule has 0 saturated heterocycles. The lowest BCUT2D eigenvalue weighted by Crippen LogP contribution is -2.16. The second-order valence-electron chi connectivity index (χ2n) is 7.66. The molecule has 3 aromatic rings. The average Bonchev–Trinajstić information content (AvgIpc) is 3.28. The van der Waals surface area contributed by atoms with Gasteiger partial charge in [-0.2, -0.15) is 0 Å². The van der Waals surface area contributed by atoms with E-state index < -0.39 is 0 Å². The topological polar surface area (TPSA) is 51.5 Å². The van der Waals surface area contributed by atoms with Crippen LogP contribution in [0.3, 0.4) is 0 Å². The summed E-state index contributed by atoms with van der Waals surface area (Å²) in [7, 11) is 0. The summed E-state index contributed by atoms with van der Waals surface area (Å²) in [6, 6.07) is 21.4. The second kappa shape index (κ2) is 10.1. The minimum Gasteiger partial charge on any atom is -0.453 e. The van der Waals surface area contributed by atoms with Gasteiger partial charge in [0.1, 0.15) is 12.4 Å². The molecular weight excluding hydrogens is 374 g/mol. The fourth-order valence-corrected chi connectivity index (χ4v) is 3.64. The zero-order valence-electron chi connectivity index (χ0n) is 17.1. The van der Waals surface area contributed by atoms with E-state index in [1.165, 1.54) is 19.3 Å². The van der Waals surface area contributed by atoms with E-state index in [0.717, 1.165) is 29.7 Å². The molecule has 4 heteroatoms. The molecule has 4 nitrogen and oxygen atoms in total. The van der Waals surface area contributed by atoms with Gasteiger partial charge in [-0.25, -0.2) is 0 Å². The van der Waals surface area contributed by atoms with Crippen molar-refractivity contribution in [2.24, 2.45) is 0 Å². The molecule has 0 atom stereocenters. The summed E-state index contributed by atoms with van der Waals surface area (Å²) in [6.45, 7) is 0.417. The van der Waals surface area contributed by atoms with E-state index in [1.807, 2.05) is 54.6 Å². The maximum Gasteiger partial charge on any atom is 0.291 e. The van der Waals surface area contributed by atoms with Crippen molar-refractivity contribution in [3.8, 4) is 0 Å². The highest BCUT2D eigenvalue weighted by Crippen LogP contribution is 2.22. The van der Waals surface area contributed by atoms with Crippen LogP contribution in [0.2, 0.25) is 0 Å². The van der Waals surface area contributed by atoms with Gasteiger partial charge in [-0.3, -0.25) is 4.79 Å². The van der Waals surface area contributed by atoms with Crippen LogP contribution in [0.25, 0.3) is 12.2 Å². The van der Waals surface area contributed by atoms with E-state index in [0.29, 0.717) is 24.2 Å². The molecule has 0 radical (unpaired) electrons. The molecule has 1 aliphatic rings. The predicted octanol–water partition coefficient (Wildman–Crippen LogP) is 6.55. The van der Waals surface area contributed by atoms with Crippen LogP contribution in [0, 0.1) is 0 Å². The highest BCUT2D eigenvalue weighted by Gasteiger charge is 2.16. The third-order valence-electron chi connectivity index (χ3n) is 5.34. The van der Waals surface area contributed by atoms with E-state index >= 15 is 0 Å². The molecule has 0 unspecified atom stereocenters. The van der Waals surface area contributed by atoms with Gasteiger partial charge in [0.15, 0.2) is 5.76 Å². The van der Waals surface area contributed by atoms with Crippen molar-refractivity contribution in [3.05, 3.63) is 89.4 Å². The lowest BCUT2D eigenvalue weighted by molar-refractivity contribution is 0.00849. The minimum absolute atomic E-state index is 0.258. The van der Waals surface area contributed by atoms with Crippen LogP contribution in [-0.4, -0.2) is 12.0 Å². The number of carbonyl (C=O) groups is 1. The Labute approximate surface area is 177 Å². The number of rotatable bonds is 7. The average molecular weight is 402 g/mol. The number of carbonyl (C=O) groups excluding carboxylic acids is 1. The van der Waals surface area contributed by atoms with Crippen LogP contribution in [0.4, 0.5) is 5.69 Å². The fourth-order valence-electron chi connectivity index (χ4n) is 3.64. The van der Waals surface area contributed by atoms with Gasteiger partial charge in [0.25, 0.3) is 5.91 Å². The summed E-state index contributed by atoms with van der Waals surface area (Å²) < 4.78 is 11.6. The number of furan rings is 1. The third kappa shape index (κ3) is 5.71. The highest BCUT2D eigenvalue weighted by atomic mass is 16.5.